The Bertz CT molecular complexity index is 978. The topological polar surface area (TPSA) is 53.5 Å². The van der Waals surface area contributed by atoms with Gasteiger partial charge in [0.2, 0.25) is 5.91 Å². The van der Waals surface area contributed by atoms with Crippen LogP contribution in [0.5, 0.6) is 0 Å². The lowest BCUT2D eigenvalue weighted by atomic mass is 9.66. The highest BCUT2D eigenvalue weighted by molar-refractivity contribution is 5.77. The van der Waals surface area contributed by atoms with E-state index < -0.39 is 5.60 Å². The predicted molar refractivity (Wildman–Crippen MR) is 200 cm³/mol. The van der Waals surface area contributed by atoms with E-state index in [0.29, 0.717) is 23.9 Å². The highest BCUT2D eigenvalue weighted by atomic mass is 16.3. The van der Waals surface area contributed by atoms with Gasteiger partial charge in [0.25, 0.3) is 0 Å². The molecule has 5 aliphatic heterocycles. The Hall–Kier alpha value is -0.730. The number of aliphatic hydroxyl groups is 1. The molecule has 1 aliphatic carbocycles. The van der Waals surface area contributed by atoms with Gasteiger partial charge in [-0.05, 0) is 167 Å². The molecule has 6 aliphatic rings. The van der Waals surface area contributed by atoms with E-state index in [1.54, 1.807) is 0 Å². The second-order valence-corrected chi connectivity index (χ2v) is 18.9. The number of nitrogens with zero attached hydrogens (tertiary/aromatic N) is 5. The van der Waals surface area contributed by atoms with Crippen molar-refractivity contribution in [1.29, 1.82) is 0 Å². The first-order valence-corrected chi connectivity index (χ1v) is 20.7. The molecule has 2 spiro atoms. The Morgan fingerprint density at radius 1 is 0.583 bits per heavy atom. The number of hydrogen-bond acceptors (Lipinski definition) is 6. The van der Waals surface area contributed by atoms with Gasteiger partial charge in [0.1, 0.15) is 0 Å². The zero-order valence-corrected chi connectivity index (χ0v) is 32.8. The average molecular weight is 672 g/mol. The van der Waals surface area contributed by atoms with Gasteiger partial charge in [-0.1, -0.05) is 13.8 Å². The Balaban J connectivity index is 0.000000194. The molecule has 278 valence electrons. The van der Waals surface area contributed by atoms with Crippen LogP contribution in [0.2, 0.25) is 0 Å². The molecular formula is C41H77N5O2. The first-order chi connectivity index (χ1) is 22.7. The van der Waals surface area contributed by atoms with Crippen LogP contribution in [-0.2, 0) is 4.79 Å². The fourth-order valence-corrected chi connectivity index (χ4v) is 10.3. The van der Waals surface area contributed by atoms with E-state index in [0.717, 1.165) is 81.2 Å². The molecule has 1 N–H and O–H groups in total. The zero-order chi connectivity index (χ0) is 34.7. The minimum Gasteiger partial charge on any atom is -0.389 e. The van der Waals surface area contributed by atoms with E-state index in [2.05, 4.69) is 75.0 Å². The van der Waals surface area contributed by atoms with Crippen LogP contribution in [0.1, 0.15) is 139 Å². The summed E-state index contributed by atoms with van der Waals surface area (Å²) in [5.41, 5.74) is 0.388. The summed E-state index contributed by atoms with van der Waals surface area (Å²) in [6.07, 6.45) is 15.4. The van der Waals surface area contributed by atoms with Gasteiger partial charge >= 0.3 is 0 Å². The highest BCUT2D eigenvalue weighted by Crippen LogP contribution is 2.46. The van der Waals surface area contributed by atoms with Crippen molar-refractivity contribution in [2.45, 2.75) is 169 Å². The van der Waals surface area contributed by atoms with Crippen LogP contribution in [0.4, 0.5) is 0 Å². The third-order valence-corrected chi connectivity index (χ3v) is 14.6. The summed E-state index contributed by atoms with van der Waals surface area (Å²) in [5, 5.41) is 10.9. The van der Waals surface area contributed by atoms with Gasteiger partial charge in [-0.15, -0.1) is 0 Å². The van der Waals surface area contributed by atoms with E-state index in [1.165, 1.54) is 90.6 Å². The predicted octanol–water partition coefficient (Wildman–Crippen LogP) is 6.73. The minimum absolute atomic E-state index is 0.171. The fraction of sp³-hybridized carbons (Fsp3) is 0.976. The molecule has 6 fully saturated rings. The van der Waals surface area contributed by atoms with Gasteiger partial charge in [-0.2, -0.15) is 0 Å². The van der Waals surface area contributed by atoms with Crippen LogP contribution in [0, 0.1) is 22.7 Å². The molecule has 0 aromatic heterocycles. The van der Waals surface area contributed by atoms with Crippen molar-refractivity contribution in [3.8, 4) is 0 Å². The first kappa shape index (κ1) is 38.5. The van der Waals surface area contributed by atoms with Crippen LogP contribution in [0.25, 0.3) is 0 Å². The van der Waals surface area contributed by atoms with Crippen LogP contribution in [-0.4, -0.2) is 131 Å². The third-order valence-electron chi connectivity index (χ3n) is 14.6. The van der Waals surface area contributed by atoms with E-state index in [9.17, 15) is 9.90 Å². The van der Waals surface area contributed by atoms with Crippen LogP contribution in [0.3, 0.4) is 0 Å². The smallest absolute Gasteiger partial charge is 0.225 e. The van der Waals surface area contributed by atoms with E-state index in [1.807, 2.05) is 4.90 Å². The SMILES string of the molecule is CC(C)C1CCN(C2CCC3(CC2)CN(C(C)C)C3)CC1.CC(C)N1CCC(O)(CC(=O)N2CCC3(CC2)CCN(C(C)C)CC3)CC1. The number of amides is 1. The largest absolute Gasteiger partial charge is 0.389 e. The molecule has 1 amide bonds. The number of likely N-dealkylation sites (tertiary alicyclic amines) is 5. The summed E-state index contributed by atoms with van der Waals surface area (Å²) in [6, 6.07) is 2.83. The molecule has 0 bridgehead atoms. The molecule has 0 aromatic rings. The summed E-state index contributed by atoms with van der Waals surface area (Å²) in [6.45, 7) is 30.0. The third kappa shape index (κ3) is 9.57. The molecule has 5 heterocycles. The van der Waals surface area contributed by atoms with Crippen molar-refractivity contribution in [1.82, 2.24) is 24.5 Å². The molecule has 0 radical (unpaired) electrons. The Labute approximate surface area is 296 Å². The Kier molecular flexibility index (Phi) is 13.1. The lowest BCUT2D eigenvalue weighted by Gasteiger charge is -2.56. The van der Waals surface area contributed by atoms with Gasteiger partial charge in [0.05, 0.1) is 12.0 Å². The standard InChI is InChI=1S/C22H41N3O2.C19H36N2/c1-18(2)23-11-5-21(6-12-23)7-13-25(14-8-21)20(26)17-22(27)9-15-24(16-10-22)19(3)4;1-15(2)17-7-11-20(12-8-17)18-5-9-19(10-6-18)13-21(14-19)16(3)4/h18-19,27H,5-17H2,1-4H3;15-18H,5-14H2,1-4H3. The maximum Gasteiger partial charge on any atom is 0.225 e. The van der Waals surface area contributed by atoms with Gasteiger partial charge in [-0.25, -0.2) is 0 Å². The van der Waals surface area contributed by atoms with Crippen molar-refractivity contribution >= 4 is 5.91 Å². The summed E-state index contributed by atoms with van der Waals surface area (Å²) >= 11 is 0. The van der Waals surface area contributed by atoms with Crippen LogP contribution < -0.4 is 0 Å². The fourth-order valence-electron chi connectivity index (χ4n) is 10.3. The van der Waals surface area contributed by atoms with Crippen LogP contribution >= 0.6 is 0 Å². The summed E-state index contributed by atoms with van der Waals surface area (Å²) in [7, 11) is 0. The normalized spacial score (nSPS) is 28.0. The molecule has 0 aromatic carbocycles. The zero-order valence-electron chi connectivity index (χ0n) is 32.8. The molecule has 48 heavy (non-hydrogen) atoms. The maximum atomic E-state index is 12.8. The molecule has 5 saturated heterocycles. The quantitative estimate of drug-likeness (QED) is 0.324. The Morgan fingerprint density at radius 3 is 1.50 bits per heavy atom. The summed E-state index contributed by atoms with van der Waals surface area (Å²) in [5.74, 6) is 2.05. The lowest BCUT2D eigenvalue weighted by molar-refractivity contribution is -0.141. The molecule has 6 rings (SSSR count). The number of hydrogen-bond donors (Lipinski definition) is 1. The van der Waals surface area contributed by atoms with E-state index in [-0.39, 0.29) is 5.91 Å². The number of carbonyl (C=O) groups excluding carboxylic acids is 1. The number of rotatable bonds is 7. The molecular weight excluding hydrogens is 594 g/mol. The summed E-state index contributed by atoms with van der Waals surface area (Å²) in [4.78, 5) is 25.4. The Morgan fingerprint density at radius 2 is 1.04 bits per heavy atom. The van der Waals surface area contributed by atoms with Crippen molar-refractivity contribution in [2.75, 3.05) is 65.4 Å². The molecule has 0 atom stereocenters. The van der Waals surface area contributed by atoms with Crippen molar-refractivity contribution < 1.29 is 9.90 Å². The second kappa shape index (κ2) is 16.3. The van der Waals surface area contributed by atoms with Gasteiger partial charge in [0.15, 0.2) is 0 Å². The van der Waals surface area contributed by atoms with Gasteiger partial charge in [-0.3, -0.25) is 9.69 Å². The monoisotopic (exact) mass is 672 g/mol. The van der Waals surface area contributed by atoms with E-state index >= 15 is 0 Å². The molecule has 0 unspecified atom stereocenters. The minimum atomic E-state index is -0.791. The van der Waals surface area contributed by atoms with Gasteiger partial charge < -0.3 is 24.7 Å². The number of piperidine rings is 4. The van der Waals surface area contributed by atoms with E-state index in [4.69, 9.17) is 0 Å². The maximum absolute atomic E-state index is 12.8. The molecule has 1 saturated carbocycles. The second-order valence-electron chi connectivity index (χ2n) is 18.9. The average Bonchev–Trinajstić information content (AvgIpc) is 3.04. The summed E-state index contributed by atoms with van der Waals surface area (Å²) < 4.78 is 0. The van der Waals surface area contributed by atoms with Gasteiger partial charge in [0, 0.05) is 63.4 Å². The first-order valence-electron chi connectivity index (χ1n) is 20.7. The lowest BCUT2D eigenvalue weighted by Crippen LogP contribution is -2.60. The van der Waals surface area contributed by atoms with Crippen molar-refractivity contribution in [3.63, 3.8) is 0 Å². The van der Waals surface area contributed by atoms with Crippen molar-refractivity contribution in [3.05, 3.63) is 0 Å². The molecule has 7 nitrogen and oxygen atoms in total. The van der Waals surface area contributed by atoms with Crippen molar-refractivity contribution in [2.24, 2.45) is 22.7 Å². The highest BCUT2D eigenvalue weighted by Gasteiger charge is 2.46. The van der Waals surface area contributed by atoms with Crippen LogP contribution in [0.15, 0.2) is 0 Å². The number of carbonyl (C=O) groups is 1. The molecule has 7 heteroatoms.